The maximum Gasteiger partial charge on any atom is 0.305 e. The van der Waals surface area contributed by atoms with Gasteiger partial charge in [0.2, 0.25) is 0 Å². The quantitative estimate of drug-likeness (QED) is 0.749. The third kappa shape index (κ3) is 5.93. The molecule has 1 N–H and O–H groups in total. The van der Waals surface area contributed by atoms with Gasteiger partial charge in [0.05, 0.1) is 13.0 Å². The Balaban J connectivity index is 2.71. The topological polar surface area (TPSA) is 53.0 Å². The second kappa shape index (κ2) is 8.43. The van der Waals surface area contributed by atoms with E-state index in [2.05, 4.69) is 9.80 Å². The molecule has 5 heteroatoms. The highest BCUT2D eigenvalue weighted by Gasteiger charge is 2.09. The summed E-state index contributed by atoms with van der Waals surface area (Å²) in [5, 5.41) is 8.84. The molecule has 0 aliphatic rings. The van der Waals surface area contributed by atoms with Gasteiger partial charge in [0.1, 0.15) is 5.75 Å². The highest BCUT2D eigenvalue weighted by atomic mass is 16.5. The third-order valence-electron chi connectivity index (χ3n) is 2.93. The van der Waals surface area contributed by atoms with E-state index in [9.17, 15) is 4.79 Å². The molecule has 1 rings (SSSR count). The number of benzene rings is 1. The van der Waals surface area contributed by atoms with Crippen LogP contribution in [0.15, 0.2) is 24.3 Å². The fourth-order valence-corrected chi connectivity index (χ4v) is 1.84. The van der Waals surface area contributed by atoms with Crippen LogP contribution in [-0.2, 0) is 4.79 Å². The molecule has 0 spiro atoms. The maximum absolute atomic E-state index is 10.8. The van der Waals surface area contributed by atoms with Crippen molar-refractivity contribution in [1.82, 2.24) is 4.90 Å². The SMILES string of the molecule is CCOc1ccc(N(CCC(=O)O)CCN(C)C)cc1. The summed E-state index contributed by atoms with van der Waals surface area (Å²) in [6.45, 7) is 4.78. The average Bonchev–Trinajstić information content (AvgIpc) is 2.40. The largest absolute Gasteiger partial charge is 0.494 e. The molecule has 0 unspecified atom stereocenters. The van der Waals surface area contributed by atoms with Gasteiger partial charge >= 0.3 is 5.97 Å². The number of nitrogens with zero attached hydrogens (tertiary/aromatic N) is 2. The van der Waals surface area contributed by atoms with E-state index >= 15 is 0 Å². The van der Waals surface area contributed by atoms with Crippen molar-refractivity contribution >= 4 is 11.7 Å². The van der Waals surface area contributed by atoms with Crippen molar-refractivity contribution in [2.24, 2.45) is 0 Å². The van der Waals surface area contributed by atoms with Crippen LogP contribution in [0, 0.1) is 0 Å². The first kappa shape index (κ1) is 16.3. The molecule has 1 aromatic carbocycles. The second-order valence-corrected chi connectivity index (χ2v) is 4.86. The Morgan fingerprint density at radius 1 is 1.15 bits per heavy atom. The van der Waals surface area contributed by atoms with Crippen molar-refractivity contribution in [2.45, 2.75) is 13.3 Å². The van der Waals surface area contributed by atoms with Crippen LogP contribution in [0.2, 0.25) is 0 Å². The number of anilines is 1. The van der Waals surface area contributed by atoms with Gasteiger partial charge in [0.25, 0.3) is 0 Å². The van der Waals surface area contributed by atoms with Gasteiger partial charge in [-0.1, -0.05) is 0 Å². The van der Waals surface area contributed by atoms with E-state index in [1.807, 2.05) is 45.3 Å². The van der Waals surface area contributed by atoms with E-state index in [1.165, 1.54) is 0 Å². The Morgan fingerprint density at radius 3 is 2.30 bits per heavy atom. The molecular weight excluding hydrogens is 256 g/mol. The Labute approximate surface area is 120 Å². The fraction of sp³-hybridized carbons (Fsp3) is 0.533. The van der Waals surface area contributed by atoms with Crippen molar-refractivity contribution in [3.8, 4) is 5.75 Å². The molecule has 0 aliphatic carbocycles. The van der Waals surface area contributed by atoms with E-state index in [-0.39, 0.29) is 6.42 Å². The molecule has 0 aliphatic heterocycles. The summed E-state index contributed by atoms with van der Waals surface area (Å²) in [6.07, 6.45) is 0.140. The lowest BCUT2D eigenvalue weighted by molar-refractivity contribution is -0.136. The van der Waals surface area contributed by atoms with Gasteiger partial charge < -0.3 is 19.6 Å². The summed E-state index contributed by atoms with van der Waals surface area (Å²) in [6, 6.07) is 7.79. The molecule has 20 heavy (non-hydrogen) atoms. The maximum atomic E-state index is 10.8. The molecule has 0 amide bonds. The van der Waals surface area contributed by atoms with Gasteiger partial charge in [-0.05, 0) is 45.3 Å². The second-order valence-electron chi connectivity index (χ2n) is 4.86. The minimum Gasteiger partial charge on any atom is -0.494 e. The fourth-order valence-electron chi connectivity index (χ4n) is 1.84. The lowest BCUT2D eigenvalue weighted by Gasteiger charge is -2.26. The van der Waals surface area contributed by atoms with Crippen LogP contribution in [-0.4, -0.2) is 56.3 Å². The zero-order valence-corrected chi connectivity index (χ0v) is 12.5. The van der Waals surface area contributed by atoms with Crippen LogP contribution in [0.25, 0.3) is 0 Å². The molecule has 0 aromatic heterocycles. The first-order valence-electron chi connectivity index (χ1n) is 6.87. The van der Waals surface area contributed by atoms with Crippen molar-refractivity contribution < 1.29 is 14.6 Å². The summed E-state index contributed by atoms with van der Waals surface area (Å²) >= 11 is 0. The molecule has 0 radical (unpaired) electrons. The van der Waals surface area contributed by atoms with Gasteiger partial charge in [0.15, 0.2) is 0 Å². The van der Waals surface area contributed by atoms with Crippen LogP contribution in [0.1, 0.15) is 13.3 Å². The zero-order chi connectivity index (χ0) is 15.0. The molecule has 1 aromatic rings. The average molecular weight is 280 g/mol. The van der Waals surface area contributed by atoms with Crippen molar-refractivity contribution in [3.05, 3.63) is 24.3 Å². The minimum absolute atomic E-state index is 0.140. The lowest BCUT2D eigenvalue weighted by Crippen LogP contribution is -2.33. The van der Waals surface area contributed by atoms with Crippen LogP contribution in [0.5, 0.6) is 5.75 Å². The number of likely N-dealkylation sites (N-methyl/N-ethyl adjacent to an activating group) is 1. The van der Waals surface area contributed by atoms with Crippen LogP contribution >= 0.6 is 0 Å². The number of carboxylic acid groups (broad SMARTS) is 1. The van der Waals surface area contributed by atoms with E-state index < -0.39 is 5.97 Å². The predicted octanol–water partition coefficient (Wildman–Crippen LogP) is 1.93. The van der Waals surface area contributed by atoms with Gasteiger partial charge in [-0.3, -0.25) is 4.79 Å². The van der Waals surface area contributed by atoms with Gasteiger partial charge in [-0.25, -0.2) is 0 Å². The number of carboxylic acids is 1. The summed E-state index contributed by atoms with van der Waals surface area (Å²) in [7, 11) is 4.02. The molecular formula is C15H24N2O3. The number of carbonyl (C=O) groups is 1. The van der Waals surface area contributed by atoms with Crippen molar-refractivity contribution in [2.75, 3.05) is 45.2 Å². The summed E-state index contributed by atoms with van der Waals surface area (Å²) in [4.78, 5) is 14.9. The van der Waals surface area contributed by atoms with E-state index in [0.717, 1.165) is 24.5 Å². The standard InChI is InChI=1S/C15H24N2O3/c1-4-20-14-7-5-13(6-8-14)17(10-9-15(18)19)12-11-16(2)3/h5-8H,4,9-12H2,1-3H3,(H,18,19). The van der Waals surface area contributed by atoms with Gasteiger partial charge in [-0.2, -0.15) is 0 Å². The number of hydrogen-bond acceptors (Lipinski definition) is 4. The molecule has 0 heterocycles. The summed E-state index contributed by atoms with van der Waals surface area (Å²) in [5.74, 6) is 0.0628. The monoisotopic (exact) mass is 280 g/mol. The first-order chi connectivity index (χ1) is 9.52. The number of hydrogen-bond donors (Lipinski definition) is 1. The predicted molar refractivity (Wildman–Crippen MR) is 80.6 cm³/mol. The Bertz CT molecular complexity index is 404. The summed E-state index contributed by atoms with van der Waals surface area (Å²) in [5.41, 5.74) is 1.02. The molecule has 0 saturated carbocycles. The lowest BCUT2D eigenvalue weighted by atomic mass is 10.2. The molecule has 0 bridgehead atoms. The smallest absolute Gasteiger partial charge is 0.305 e. The highest BCUT2D eigenvalue weighted by Crippen LogP contribution is 2.19. The van der Waals surface area contributed by atoms with Crippen molar-refractivity contribution in [3.63, 3.8) is 0 Å². The number of aliphatic carboxylic acids is 1. The van der Waals surface area contributed by atoms with E-state index in [1.54, 1.807) is 0 Å². The van der Waals surface area contributed by atoms with Crippen molar-refractivity contribution in [1.29, 1.82) is 0 Å². The van der Waals surface area contributed by atoms with Crippen LogP contribution < -0.4 is 9.64 Å². The molecule has 0 fully saturated rings. The first-order valence-corrected chi connectivity index (χ1v) is 6.87. The minimum atomic E-state index is -0.772. The van der Waals surface area contributed by atoms with Gasteiger partial charge in [0, 0.05) is 25.3 Å². The zero-order valence-electron chi connectivity index (χ0n) is 12.5. The van der Waals surface area contributed by atoms with Crippen LogP contribution in [0.4, 0.5) is 5.69 Å². The van der Waals surface area contributed by atoms with E-state index in [0.29, 0.717) is 13.2 Å². The Hall–Kier alpha value is -1.75. The number of rotatable bonds is 9. The summed E-state index contributed by atoms with van der Waals surface area (Å²) < 4.78 is 5.42. The highest BCUT2D eigenvalue weighted by molar-refractivity contribution is 5.67. The Kier molecular flexibility index (Phi) is 6.87. The molecule has 5 nitrogen and oxygen atoms in total. The molecule has 0 atom stereocenters. The van der Waals surface area contributed by atoms with E-state index in [4.69, 9.17) is 9.84 Å². The normalized spacial score (nSPS) is 10.6. The van der Waals surface area contributed by atoms with Gasteiger partial charge in [-0.15, -0.1) is 0 Å². The Morgan fingerprint density at radius 2 is 1.80 bits per heavy atom. The van der Waals surface area contributed by atoms with Crippen LogP contribution in [0.3, 0.4) is 0 Å². The third-order valence-corrected chi connectivity index (χ3v) is 2.93. The molecule has 0 saturated heterocycles. The number of ether oxygens (including phenoxy) is 1. The molecule has 112 valence electrons.